The van der Waals surface area contributed by atoms with E-state index in [0.717, 1.165) is 13.0 Å². The van der Waals surface area contributed by atoms with Gasteiger partial charge in [0, 0.05) is 12.1 Å². The van der Waals surface area contributed by atoms with Crippen molar-refractivity contribution >= 4 is 0 Å². The second kappa shape index (κ2) is 4.69. The van der Waals surface area contributed by atoms with Gasteiger partial charge in [-0.05, 0) is 38.0 Å². The first-order valence-corrected chi connectivity index (χ1v) is 8.30. The van der Waals surface area contributed by atoms with Gasteiger partial charge in [-0.3, -0.25) is 4.90 Å². The standard InChI is InChI=1S/C18H35NO2/c1-15(2,3)10-18-11-19(17(7,8)9)12(13(18)20)14(21-18)16(4,5)6/h12-14,20H,10-11H2,1-9H3/t12-,13+,14-,18+/m1/s1. The molecule has 0 aromatic heterocycles. The van der Waals surface area contributed by atoms with Crippen LogP contribution >= 0.6 is 0 Å². The van der Waals surface area contributed by atoms with E-state index in [0.29, 0.717) is 0 Å². The van der Waals surface area contributed by atoms with Crippen molar-refractivity contribution in [3.8, 4) is 0 Å². The molecule has 2 fully saturated rings. The van der Waals surface area contributed by atoms with Gasteiger partial charge in [0.05, 0.1) is 12.1 Å². The molecule has 2 aliphatic heterocycles. The molecule has 0 aliphatic carbocycles. The van der Waals surface area contributed by atoms with E-state index in [1.165, 1.54) is 0 Å². The SMILES string of the molecule is CC(C)(C)C[C@@]12CN(C(C)(C)C)[C@@H]([C@H](C(C)(C)C)O1)[C@@H]2O. The van der Waals surface area contributed by atoms with Crippen LogP contribution in [0, 0.1) is 10.8 Å². The predicted molar refractivity (Wildman–Crippen MR) is 87.4 cm³/mol. The summed E-state index contributed by atoms with van der Waals surface area (Å²) in [6, 6.07) is 0.104. The second-order valence-corrected chi connectivity index (χ2v) is 10.4. The topological polar surface area (TPSA) is 32.7 Å². The average molecular weight is 297 g/mol. The summed E-state index contributed by atoms with van der Waals surface area (Å²) in [5, 5.41) is 11.0. The van der Waals surface area contributed by atoms with Crippen molar-refractivity contribution < 1.29 is 9.84 Å². The van der Waals surface area contributed by atoms with E-state index in [-0.39, 0.29) is 34.6 Å². The Balaban J connectivity index is 2.40. The van der Waals surface area contributed by atoms with Crippen molar-refractivity contribution in [1.82, 2.24) is 4.90 Å². The largest absolute Gasteiger partial charge is 0.388 e. The van der Waals surface area contributed by atoms with Gasteiger partial charge in [-0.2, -0.15) is 0 Å². The van der Waals surface area contributed by atoms with Gasteiger partial charge in [-0.1, -0.05) is 41.5 Å². The summed E-state index contributed by atoms with van der Waals surface area (Å²) in [6.45, 7) is 20.9. The van der Waals surface area contributed by atoms with Crippen LogP contribution < -0.4 is 0 Å². The molecule has 3 heteroatoms. The molecule has 0 aromatic carbocycles. The Bertz CT molecular complexity index is 373. The van der Waals surface area contributed by atoms with E-state index < -0.39 is 5.60 Å². The van der Waals surface area contributed by atoms with Crippen molar-refractivity contribution in [3.63, 3.8) is 0 Å². The third kappa shape index (κ3) is 3.02. The molecule has 2 rings (SSSR count). The van der Waals surface area contributed by atoms with Crippen molar-refractivity contribution in [2.24, 2.45) is 10.8 Å². The molecule has 21 heavy (non-hydrogen) atoms. The zero-order valence-corrected chi connectivity index (χ0v) is 15.4. The lowest BCUT2D eigenvalue weighted by atomic mass is 9.79. The minimum absolute atomic E-state index is 0.0369. The van der Waals surface area contributed by atoms with Crippen LogP contribution in [0.15, 0.2) is 0 Å². The summed E-state index contributed by atoms with van der Waals surface area (Å²) in [4.78, 5) is 2.48. The van der Waals surface area contributed by atoms with Crippen molar-refractivity contribution in [2.45, 2.75) is 98.1 Å². The molecule has 0 saturated carbocycles. The highest BCUT2D eigenvalue weighted by Gasteiger charge is 2.66. The Morgan fingerprint density at radius 2 is 1.57 bits per heavy atom. The number of hydrogen-bond donors (Lipinski definition) is 1. The van der Waals surface area contributed by atoms with Crippen molar-refractivity contribution in [3.05, 3.63) is 0 Å². The van der Waals surface area contributed by atoms with E-state index in [1.807, 2.05) is 0 Å². The maximum absolute atomic E-state index is 11.0. The number of hydrogen-bond acceptors (Lipinski definition) is 3. The minimum Gasteiger partial charge on any atom is -0.388 e. The van der Waals surface area contributed by atoms with Crippen LogP contribution in [0.25, 0.3) is 0 Å². The Hall–Kier alpha value is -0.120. The van der Waals surface area contributed by atoms with Gasteiger partial charge >= 0.3 is 0 Å². The summed E-state index contributed by atoms with van der Waals surface area (Å²) in [5.41, 5.74) is -0.173. The first kappa shape index (κ1) is 17.2. The fraction of sp³-hybridized carbons (Fsp3) is 1.00. The molecule has 0 radical (unpaired) electrons. The molecule has 0 unspecified atom stereocenters. The Morgan fingerprint density at radius 3 is 1.95 bits per heavy atom. The monoisotopic (exact) mass is 297 g/mol. The van der Waals surface area contributed by atoms with E-state index >= 15 is 0 Å². The van der Waals surface area contributed by atoms with Gasteiger partial charge in [-0.25, -0.2) is 0 Å². The Labute approximate surface area is 131 Å². The third-order valence-electron chi connectivity index (χ3n) is 4.88. The highest BCUT2D eigenvalue weighted by Crippen LogP contribution is 2.53. The molecular formula is C18H35NO2. The number of morpholine rings is 1. The van der Waals surface area contributed by atoms with Gasteiger partial charge < -0.3 is 9.84 Å². The van der Waals surface area contributed by atoms with E-state index in [2.05, 4.69) is 67.2 Å². The van der Waals surface area contributed by atoms with Gasteiger partial charge in [-0.15, -0.1) is 0 Å². The highest BCUT2D eigenvalue weighted by atomic mass is 16.5. The normalized spacial score (nSPS) is 38.3. The van der Waals surface area contributed by atoms with Crippen molar-refractivity contribution in [2.75, 3.05) is 6.54 Å². The Kier molecular flexibility index (Phi) is 3.85. The fourth-order valence-electron chi connectivity index (χ4n) is 4.20. The molecular weight excluding hydrogens is 262 g/mol. The maximum Gasteiger partial charge on any atom is 0.109 e. The zero-order valence-electron chi connectivity index (χ0n) is 15.4. The fourth-order valence-corrected chi connectivity index (χ4v) is 4.20. The molecule has 2 heterocycles. The minimum atomic E-state index is -0.409. The summed E-state index contributed by atoms with van der Waals surface area (Å²) in [6.07, 6.45) is 0.597. The average Bonchev–Trinajstić information content (AvgIpc) is 2.61. The van der Waals surface area contributed by atoms with E-state index in [9.17, 15) is 5.11 Å². The summed E-state index contributed by atoms with van der Waals surface area (Å²) in [5.74, 6) is 0. The molecule has 2 aliphatic rings. The summed E-state index contributed by atoms with van der Waals surface area (Å²) < 4.78 is 6.53. The smallest absolute Gasteiger partial charge is 0.109 e. The quantitative estimate of drug-likeness (QED) is 0.804. The van der Waals surface area contributed by atoms with E-state index in [4.69, 9.17) is 4.74 Å². The molecule has 0 spiro atoms. The van der Waals surface area contributed by atoms with Gasteiger partial charge in [0.25, 0.3) is 0 Å². The lowest BCUT2D eigenvalue weighted by Crippen LogP contribution is -2.58. The number of aliphatic hydroxyl groups excluding tert-OH is 1. The van der Waals surface area contributed by atoms with Gasteiger partial charge in [0.15, 0.2) is 0 Å². The van der Waals surface area contributed by atoms with Crippen molar-refractivity contribution in [1.29, 1.82) is 0 Å². The van der Waals surface area contributed by atoms with Crippen LogP contribution in [0.5, 0.6) is 0 Å². The number of aliphatic hydroxyl groups is 1. The van der Waals surface area contributed by atoms with Crippen LogP contribution in [-0.4, -0.2) is 45.9 Å². The van der Waals surface area contributed by atoms with Crippen LogP contribution in [0.3, 0.4) is 0 Å². The summed E-state index contributed by atoms with van der Waals surface area (Å²) >= 11 is 0. The number of likely N-dealkylation sites (tertiary alicyclic amines) is 1. The lowest BCUT2D eigenvalue weighted by molar-refractivity contribution is -0.164. The summed E-state index contributed by atoms with van der Waals surface area (Å²) in [7, 11) is 0. The first-order chi connectivity index (χ1) is 9.17. The zero-order chi connectivity index (χ0) is 16.4. The lowest BCUT2D eigenvalue weighted by Gasteiger charge is -2.48. The molecule has 1 N–H and O–H groups in total. The Morgan fingerprint density at radius 1 is 1.05 bits per heavy atom. The molecule has 0 amide bonds. The molecule has 3 nitrogen and oxygen atoms in total. The van der Waals surface area contributed by atoms with Crippen LogP contribution in [-0.2, 0) is 4.74 Å². The number of fused-ring (bicyclic) bond motifs is 2. The first-order valence-electron chi connectivity index (χ1n) is 8.30. The van der Waals surface area contributed by atoms with Crippen LogP contribution in [0.4, 0.5) is 0 Å². The maximum atomic E-state index is 11.0. The van der Waals surface area contributed by atoms with Gasteiger partial charge in [0.2, 0.25) is 0 Å². The second-order valence-electron chi connectivity index (χ2n) is 10.4. The molecule has 0 aromatic rings. The number of nitrogens with zero attached hydrogens (tertiary/aromatic N) is 1. The number of rotatable bonds is 1. The molecule has 124 valence electrons. The number of ether oxygens (including phenoxy) is 1. The van der Waals surface area contributed by atoms with Gasteiger partial charge in [0.1, 0.15) is 11.7 Å². The molecule has 4 atom stereocenters. The van der Waals surface area contributed by atoms with Crippen LogP contribution in [0.2, 0.25) is 0 Å². The molecule has 2 bridgehead atoms. The molecule has 2 saturated heterocycles. The predicted octanol–water partition coefficient (Wildman–Crippen LogP) is 3.45. The third-order valence-corrected chi connectivity index (χ3v) is 4.88. The van der Waals surface area contributed by atoms with Crippen LogP contribution in [0.1, 0.15) is 68.7 Å². The highest BCUT2D eigenvalue weighted by molar-refractivity contribution is 5.18. The van der Waals surface area contributed by atoms with E-state index in [1.54, 1.807) is 0 Å².